The quantitative estimate of drug-likeness (QED) is 0.438. The van der Waals surface area contributed by atoms with E-state index in [9.17, 15) is 22.8 Å². The van der Waals surface area contributed by atoms with Gasteiger partial charge in [-0.1, -0.05) is 17.7 Å². The predicted octanol–water partition coefficient (Wildman–Crippen LogP) is 4.73. The van der Waals surface area contributed by atoms with E-state index in [1.165, 1.54) is 6.08 Å². The number of nitrogens with zero attached hydrogens (tertiary/aromatic N) is 2. The molecule has 1 aromatic carbocycles. The third-order valence-corrected chi connectivity index (χ3v) is 5.45. The van der Waals surface area contributed by atoms with E-state index in [1.54, 1.807) is 39.0 Å². The summed E-state index contributed by atoms with van der Waals surface area (Å²) in [4.78, 5) is 25.9. The van der Waals surface area contributed by atoms with E-state index < -0.39 is 29.4 Å². The number of nitrogens with one attached hydrogen (secondary N) is 3. The molecule has 3 rings (SSSR count). The van der Waals surface area contributed by atoms with Crippen LogP contribution in [-0.2, 0) is 6.18 Å². The summed E-state index contributed by atoms with van der Waals surface area (Å²) in [5.41, 5.74) is -0.692. The summed E-state index contributed by atoms with van der Waals surface area (Å²) in [6, 6.07) is 3.82. The molecule has 1 aliphatic rings. The first-order valence-electron chi connectivity index (χ1n) is 9.78. The number of rotatable bonds is 5. The van der Waals surface area contributed by atoms with Gasteiger partial charge in [-0.15, -0.1) is 0 Å². The molecular weight excluding hydrogens is 574 g/mol. The molecule has 2 aromatic rings. The lowest BCUT2D eigenvalue weighted by atomic mass is 10.1. The molecule has 12 heteroatoms. The zero-order valence-electron chi connectivity index (χ0n) is 17.8. The molecule has 2 amide bonds. The Kier molecular flexibility index (Phi) is 7.42. The lowest BCUT2D eigenvalue weighted by molar-refractivity contribution is -0.141. The number of amides is 2. The van der Waals surface area contributed by atoms with Crippen molar-refractivity contribution >= 4 is 57.5 Å². The van der Waals surface area contributed by atoms with Gasteiger partial charge in [-0.25, -0.2) is 4.68 Å². The van der Waals surface area contributed by atoms with Crippen LogP contribution in [0.2, 0.25) is 0 Å². The van der Waals surface area contributed by atoms with Crippen molar-refractivity contribution in [2.45, 2.75) is 33.0 Å². The van der Waals surface area contributed by atoms with E-state index in [4.69, 9.17) is 11.6 Å². The van der Waals surface area contributed by atoms with Gasteiger partial charge in [-0.05, 0) is 67.1 Å². The lowest BCUT2D eigenvalue weighted by Crippen LogP contribution is -2.31. The van der Waals surface area contributed by atoms with Crippen molar-refractivity contribution in [2.75, 3.05) is 11.9 Å². The maximum absolute atomic E-state index is 13.4. The highest BCUT2D eigenvalue weighted by Crippen LogP contribution is 2.31. The maximum Gasteiger partial charge on any atom is 0.435 e. The Hall–Kier alpha value is -2.54. The number of hydrogen-bond acceptors (Lipinski definition) is 4. The van der Waals surface area contributed by atoms with Gasteiger partial charge in [0.05, 0.1) is 16.3 Å². The van der Waals surface area contributed by atoms with Crippen molar-refractivity contribution in [1.29, 1.82) is 0 Å². The molecule has 176 valence electrons. The molecule has 2 heterocycles. The Morgan fingerprint density at radius 2 is 1.94 bits per heavy atom. The fourth-order valence-corrected chi connectivity index (χ4v) is 4.13. The van der Waals surface area contributed by atoms with Crippen LogP contribution in [0.25, 0.3) is 5.82 Å². The van der Waals surface area contributed by atoms with E-state index in [-0.39, 0.29) is 28.1 Å². The van der Waals surface area contributed by atoms with Crippen molar-refractivity contribution < 1.29 is 22.8 Å². The van der Waals surface area contributed by atoms with Crippen LogP contribution in [0.15, 0.2) is 35.4 Å². The van der Waals surface area contributed by atoms with Gasteiger partial charge in [0.25, 0.3) is 11.8 Å². The van der Waals surface area contributed by atoms with Gasteiger partial charge >= 0.3 is 6.18 Å². The Labute approximate surface area is 206 Å². The number of aromatic nitrogens is 2. The van der Waals surface area contributed by atoms with Gasteiger partial charge < -0.3 is 16.0 Å². The highest BCUT2D eigenvalue weighted by atomic mass is 127. The second kappa shape index (κ2) is 9.75. The molecule has 0 radical (unpaired) electrons. The number of benzene rings is 1. The first kappa shape index (κ1) is 25.1. The van der Waals surface area contributed by atoms with Crippen molar-refractivity contribution in [3.8, 4) is 0 Å². The molecule has 0 spiro atoms. The average molecular weight is 594 g/mol. The number of halogens is 5. The van der Waals surface area contributed by atoms with Crippen molar-refractivity contribution in [3.05, 3.63) is 61.5 Å². The topological polar surface area (TPSA) is 88.1 Å². The third kappa shape index (κ3) is 5.69. The molecule has 33 heavy (non-hydrogen) atoms. The molecule has 0 bridgehead atoms. The summed E-state index contributed by atoms with van der Waals surface area (Å²) in [6.07, 6.45) is -1.60. The normalized spacial score (nSPS) is 13.8. The highest BCUT2D eigenvalue weighted by Gasteiger charge is 2.37. The van der Waals surface area contributed by atoms with Crippen LogP contribution < -0.4 is 16.0 Å². The highest BCUT2D eigenvalue weighted by molar-refractivity contribution is 14.1. The van der Waals surface area contributed by atoms with Gasteiger partial charge in [-0.2, -0.15) is 18.3 Å². The van der Waals surface area contributed by atoms with Gasteiger partial charge in [0.1, 0.15) is 11.5 Å². The zero-order valence-corrected chi connectivity index (χ0v) is 20.7. The van der Waals surface area contributed by atoms with Crippen molar-refractivity contribution in [3.63, 3.8) is 0 Å². The van der Waals surface area contributed by atoms with Crippen LogP contribution >= 0.6 is 34.2 Å². The number of hydrogen-bond donors (Lipinski definition) is 3. The fourth-order valence-electron chi connectivity index (χ4n) is 3.11. The lowest BCUT2D eigenvalue weighted by Gasteiger charge is -2.18. The molecule has 0 fully saturated rings. The van der Waals surface area contributed by atoms with E-state index in [1.807, 2.05) is 22.6 Å². The fraction of sp³-hybridized carbons (Fsp3) is 0.286. The van der Waals surface area contributed by atoms with Crippen LogP contribution in [-0.4, -0.2) is 34.2 Å². The van der Waals surface area contributed by atoms with Crippen LogP contribution in [0.1, 0.15) is 46.0 Å². The molecule has 0 saturated carbocycles. The second-order valence-corrected chi connectivity index (χ2v) is 9.18. The Morgan fingerprint density at radius 3 is 2.55 bits per heavy atom. The Morgan fingerprint density at radius 1 is 1.24 bits per heavy atom. The number of anilines is 1. The smallest absolute Gasteiger partial charge is 0.365 e. The first-order chi connectivity index (χ1) is 15.4. The monoisotopic (exact) mass is 593 g/mol. The summed E-state index contributed by atoms with van der Waals surface area (Å²) in [5.74, 6) is -1.26. The van der Waals surface area contributed by atoms with Crippen LogP contribution in [0.5, 0.6) is 0 Å². The molecule has 1 aromatic heterocycles. The standard InChI is InChI=1S/C21H20ClF3IN5O2/c1-10(2)28-19(32)13-8-12(26)7-11(3)17(13)29-20(33)15-9-16(21(23,24)25)30-31(15)18-14(22)5-4-6-27-18/h4-5,7-10,27H,6H2,1-3H3,(H,28,32)(H,29,33). The summed E-state index contributed by atoms with van der Waals surface area (Å²) in [5, 5.41) is 11.8. The minimum absolute atomic E-state index is 0.0388. The van der Waals surface area contributed by atoms with E-state index in [0.717, 1.165) is 8.25 Å². The number of carbonyl (C=O) groups excluding carboxylic acids is 2. The van der Waals surface area contributed by atoms with E-state index in [2.05, 4.69) is 21.0 Å². The first-order valence-corrected chi connectivity index (χ1v) is 11.2. The Bertz CT molecular complexity index is 1170. The van der Waals surface area contributed by atoms with Crippen LogP contribution in [0.3, 0.4) is 0 Å². The third-order valence-electron chi connectivity index (χ3n) is 4.53. The van der Waals surface area contributed by atoms with Crippen molar-refractivity contribution in [2.24, 2.45) is 0 Å². The minimum Gasteiger partial charge on any atom is -0.365 e. The largest absolute Gasteiger partial charge is 0.435 e. The summed E-state index contributed by atoms with van der Waals surface area (Å²) in [7, 11) is 0. The molecule has 3 N–H and O–H groups in total. The molecular formula is C21H20ClF3IN5O2. The predicted molar refractivity (Wildman–Crippen MR) is 128 cm³/mol. The molecule has 0 atom stereocenters. The molecule has 0 aliphatic carbocycles. The molecule has 7 nitrogen and oxygen atoms in total. The van der Waals surface area contributed by atoms with E-state index >= 15 is 0 Å². The van der Waals surface area contributed by atoms with Gasteiger partial charge in [-0.3, -0.25) is 9.59 Å². The summed E-state index contributed by atoms with van der Waals surface area (Å²) in [6.45, 7) is 5.56. The minimum atomic E-state index is -4.78. The number of allylic oxidation sites excluding steroid dienone is 2. The van der Waals surface area contributed by atoms with Gasteiger partial charge in [0, 0.05) is 22.2 Å². The summed E-state index contributed by atoms with van der Waals surface area (Å²) < 4.78 is 41.8. The van der Waals surface area contributed by atoms with E-state index in [0.29, 0.717) is 18.2 Å². The number of dihydropyridines is 1. The van der Waals surface area contributed by atoms with Gasteiger partial charge in [0.2, 0.25) is 0 Å². The number of alkyl halides is 3. The SMILES string of the molecule is Cc1cc(I)cc(C(=O)NC(C)C)c1NC(=O)c1cc(C(F)(F)F)nn1C1=C(Cl)C=CCN1. The van der Waals surface area contributed by atoms with Crippen LogP contribution in [0, 0.1) is 10.5 Å². The molecule has 1 aliphatic heterocycles. The van der Waals surface area contributed by atoms with Crippen LogP contribution in [0.4, 0.5) is 18.9 Å². The number of carbonyl (C=O) groups is 2. The molecule has 0 unspecified atom stereocenters. The maximum atomic E-state index is 13.4. The second-order valence-electron chi connectivity index (χ2n) is 7.53. The number of aryl methyl sites for hydroxylation is 1. The molecule has 0 saturated heterocycles. The average Bonchev–Trinajstić information content (AvgIpc) is 3.15. The summed E-state index contributed by atoms with van der Waals surface area (Å²) >= 11 is 8.18. The van der Waals surface area contributed by atoms with Crippen molar-refractivity contribution in [1.82, 2.24) is 20.4 Å². The van der Waals surface area contributed by atoms with Gasteiger partial charge in [0.15, 0.2) is 5.69 Å². The Balaban J connectivity index is 2.08. The zero-order chi connectivity index (χ0) is 24.5.